The van der Waals surface area contributed by atoms with Crippen molar-refractivity contribution in [2.45, 2.75) is 12.3 Å². The van der Waals surface area contributed by atoms with Gasteiger partial charge in [0, 0.05) is 17.8 Å². The van der Waals surface area contributed by atoms with Gasteiger partial charge in [-0.2, -0.15) is 0 Å². The normalized spacial score (nSPS) is 21.1. The minimum Gasteiger partial charge on any atom is -0.492 e. The Morgan fingerprint density at radius 3 is 2.86 bits per heavy atom. The van der Waals surface area contributed by atoms with Crippen LogP contribution in [0.3, 0.4) is 0 Å². The molecule has 1 aromatic heterocycles. The summed E-state index contributed by atoms with van der Waals surface area (Å²) in [5.41, 5.74) is 0. The van der Waals surface area contributed by atoms with E-state index in [0.29, 0.717) is 5.92 Å². The molecular weight excluding hydrogens is 198 g/mol. The summed E-state index contributed by atoms with van der Waals surface area (Å²) in [6.45, 7) is 2.16. The minimum absolute atomic E-state index is 0.596. The molecule has 1 aliphatic rings. The number of thiophene rings is 1. The van der Waals surface area contributed by atoms with E-state index in [9.17, 15) is 0 Å². The van der Waals surface area contributed by atoms with Gasteiger partial charge >= 0.3 is 0 Å². The molecule has 0 amide bonds. The number of ether oxygens (including phenoxy) is 2. The van der Waals surface area contributed by atoms with Crippen LogP contribution in [0.25, 0.3) is 0 Å². The predicted molar refractivity (Wildman–Crippen MR) is 57.7 cm³/mol. The summed E-state index contributed by atoms with van der Waals surface area (Å²) >= 11 is 1.73. The third-order valence-corrected chi connectivity index (χ3v) is 3.70. The average molecular weight is 213 g/mol. The molecule has 3 nitrogen and oxygen atoms in total. The predicted octanol–water partition coefficient (Wildman–Crippen LogP) is 1.84. The van der Waals surface area contributed by atoms with Crippen LogP contribution in [0, 0.1) is 0 Å². The van der Waals surface area contributed by atoms with Crippen molar-refractivity contribution in [2.75, 3.05) is 27.3 Å². The van der Waals surface area contributed by atoms with Crippen LogP contribution in [0.1, 0.15) is 17.2 Å². The van der Waals surface area contributed by atoms with Gasteiger partial charge in [-0.15, -0.1) is 11.3 Å². The van der Waals surface area contributed by atoms with Gasteiger partial charge in [0.2, 0.25) is 0 Å². The molecule has 1 unspecified atom stereocenters. The van der Waals surface area contributed by atoms with E-state index in [4.69, 9.17) is 9.47 Å². The number of hydrogen-bond acceptors (Lipinski definition) is 4. The molecule has 1 fully saturated rings. The lowest BCUT2D eigenvalue weighted by Gasteiger charge is -2.09. The molecule has 0 aromatic carbocycles. The van der Waals surface area contributed by atoms with Gasteiger partial charge in [-0.05, 0) is 13.0 Å². The van der Waals surface area contributed by atoms with Gasteiger partial charge in [0.15, 0.2) is 11.5 Å². The largest absolute Gasteiger partial charge is 0.492 e. The van der Waals surface area contributed by atoms with Gasteiger partial charge in [-0.3, -0.25) is 0 Å². The third kappa shape index (κ3) is 1.60. The average Bonchev–Trinajstić information content (AvgIpc) is 2.85. The van der Waals surface area contributed by atoms with Gasteiger partial charge in [0.1, 0.15) is 0 Å². The molecular formula is C10H15NO2S. The van der Waals surface area contributed by atoms with Crippen LogP contribution in [-0.4, -0.2) is 27.3 Å². The molecule has 0 bridgehead atoms. The van der Waals surface area contributed by atoms with Crippen LogP contribution in [-0.2, 0) is 0 Å². The first-order valence-corrected chi connectivity index (χ1v) is 5.65. The van der Waals surface area contributed by atoms with Crippen molar-refractivity contribution in [1.29, 1.82) is 0 Å². The molecule has 1 saturated heterocycles. The lowest BCUT2D eigenvalue weighted by Crippen LogP contribution is -2.07. The van der Waals surface area contributed by atoms with E-state index in [1.807, 2.05) is 5.38 Å². The molecule has 0 aliphatic carbocycles. The van der Waals surface area contributed by atoms with E-state index < -0.39 is 0 Å². The minimum atomic E-state index is 0.596. The summed E-state index contributed by atoms with van der Waals surface area (Å²) in [6, 6.07) is 0. The van der Waals surface area contributed by atoms with E-state index >= 15 is 0 Å². The molecule has 0 spiro atoms. The van der Waals surface area contributed by atoms with Crippen LogP contribution in [0.4, 0.5) is 0 Å². The third-order valence-electron chi connectivity index (χ3n) is 2.60. The molecule has 1 aliphatic heterocycles. The van der Waals surface area contributed by atoms with Crippen LogP contribution in [0.2, 0.25) is 0 Å². The molecule has 78 valence electrons. The van der Waals surface area contributed by atoms with Gasteiger partial charge in [0.25, 0.3) is 0 Å². The summed E-state index contributed by atoms with van der Waals surface area (Å²) in [4.78, 5) is 1.31. The lowest BCUT2D eigenvalue weighted by molar-refractivity contribution is 0.354. The quantitative estimate of drug-likeness (QED) is 0.831. The van der Waals surface area contributed by atoms with E-state index in [1.165, 1.54) is 11.3 Å². The maximum atomic E-state index is 5.38. The van der Waals surface area contributed by atoms with E-state index in [-0.39, 0.29) is 0 Å². The SMILES string of the molecule is COc1csc(C2CCNC2)c1OC. The zero-order valence-corrected chi connectivity index (χ0v) is 9.32. The molecule has 4 heteroatoms. The topological polar surface area (TPSA) is 30.5 Å². The highest BCUT2D eigenvalue weighted by molar-refractivity contribution is 7.10. The first-order valence-electron chi connectivity index (χ1n) is 4.77. The second-order valence-corrected chi connectivity index (χ2v) is 4.30. The molecule has 14 heavy (non-hydrogen) atoms. The van der Waals surface area contributed by atoms with Crippen molar-refractivity contribution in [2.24, 2.45) is 0 Å². The summed E-state index contributed by atoms with van der Waals surface area (Å²) in [6.07, 6.45) is 1.19. The highest BCUT2D eigenvalue weighted by Gasteiger charge is 2.24. The van der Waals surface area contributed by atoms with Gasteiger partial charge in [0.05, 0.1) is 19.1 Å². The number of hydrogen-bond donors (Lipinski definition) is 1. The Balaban J connectivity index is 2.27. The van der Waals surface area contributed by atoms with Crippen LogP contribution in [0.15, 0.2) is 5.38 Å². The Bertz CT molecular complexity index is 305. The van der Waals surface area contributed by atoms with E-state index in [1.54, 1.807) is 25.6 Å². The molecule has 2 rings (SSSR count). The summed E-state index contributed by atoms with van der Waals surface area (Å²) < 4.78 is 10.6. The molecule has 0 saturated carbocycles. The molecule has 1 N–H and O–H groups in total. The number of nitrogens with one attached hydrogen (secondary N) is 1. The van der Waals surface area contributed by atoms with E-state index in [2.05, 4.69) is 5.32 Å². The second-order valence-electron chi connectivity index (χ2n) is 3.39. The Morgan fingerprint density at radius 2 is 2.29 bits per heavy atom. The maximum Gasteiger partial charge on any atom is 0.174 e. The van der Waals surface area contributed by atoms with Gasteiger partial charge < -0.3 is 14.8 Å². The van der Waals surface area contributed by atoms with Gasteiger partial charge in [-0.25, -0.2) is 0 Å². The van der Waals surface area contributed by atoms with Crippen molar-refractivity contribution in [1.82, 2.24) is 5.32 Å². The highest BCUT2D eigenvalue weighted by atomic mass is 32.1. The van der Waals surface area contributed by atoms with Crippen LogP contribution in [0.5, 0.6) is 11.5 Å². The molecule has 1 atom stereocenters. The first kappa shape index (κ1) is 9.80. The first-order chi connectivity index (χ1) is 6.86. The fraction of sp³-hybridized carbons (Fsp3) is 0.600. The smallest absolute Gasteiger partial charge is 0.174 e. The second kappa shape index (κ2) is 4.19. The zero-order valence-electron chi connectivity index (χ0n) is 8.50. The molecule has 0 radical (unpaired) electrons. The summed E-state index contributed by atoms with van der Waals surface area (Å²) in [7, 11) is 3.39. The summed E-state index contributed by atoms with van der Waals surface area (Å²) in [5.74, 6) is 2.38. The Kier molecular flexibility index (Phi) is 2.93. The molecule has 2 heterocycles. The molecule has 1 aromatic rings. The fourth-order valence-electron chi connectivity index (χ4n) is 1.85. The van der Waals surface area contributed by atoms with Crippen LogP contribution >= 0.6 is 11.3 Å². The van der Waals surface area contributed by atoms with Crippen molar-refractivity contribution in [3.05, 3.63) is 10.3 Å². The Morgan fingerprint density at radius 1 is 1.43 bits per heavy atom. The maximum absolute atomic E-state index is 5.38. The number of rotatable bonds is 3. The monoisotopic (exact) mass is 213 g/mol. The summed E-state index contributed by atoms with van der Waals surface area (Å²) in [5, 5.41) is 5.38. The lowest BCUT2D eigenvalue weighted by atomic mass is 10.1. The zero-order chi connectivity index (χ0) is 9.97. The van der Waals surface area contributed by atoms with E-state index in [0.717, 1.165) is 24.6 Å². The van der Waals surface area contributed by atoms with Crippen molar-refractivity contribution >= 4 is 11.3 Å². The Labute approximate surface area is 88.0 Å². The standard InChI is InChI=1S/C10H15NO2S/c1-12-8-6-14-10(9(8)13-2)7-3-4-11-5-7/h6-7,11H,3-5H2,1-2H3. The van der Waals surface area contributed by atoms with Gasteiger partial charge in [-0.1, -0.05) is 0 Å². The Hall–Kier alpha value is -0.740. The number of methoxy groups -OCH3 is 2. The van der Waals surface area contributed by atoms with Crippen LogP contribution < -0.4 is 14.8 Å². The fourth-order valence-corrected chi connectivity index (χ4v) is 2.97. The van der Waals surface area contributed by atoms with Crippen molar-refractivity contribution < 1.29 is 9.47 Å². The van der Waals surface area contributed by atoms with Crippen molar-refractivity contribution in [3.8, 4) is 11.5 Å². The highest BCUT2D eigenvalue weighted by Crippen LogP contribution is 2.42. The van der Waals surface area contributed by atoms with Crippen molar-refractivity contribution in [3.63, 3.8) is 0 Å².